The fraction of sp³-hybridized carbons (Fsp3) is 0.217. The van der Waals surface area contributed by atoms with Crippen molar-refractivity contribution in [1.82, 2.24) is 10.3 Å². The highest BCUT2D eigenvalue weighted by Crippen LogP contribution is 2.36. The van der Waals surface area contributed by atoms with Crippen LogP contribution in [0.15, 0.2) is 71.1 Å². The Hall–Kier alpha value is -3.02. The molecule has 1 aliphatic rings. The van der Waals surface area contributed by atoms with Crippen molar-refractivity contribution in [2.45, 2.75) is 24.8 Å². The molecule has 178 valence electrons. The molecule has 34 heavy (non-hydrogen) atoms. The van der Waals surface area contributed by atoms with Crippen LogP contribution in [0.4, 0.5) is 10.8 Å². The predicted molar refractivity (Wildman–Crippen MR) is 138 cm³/mol. The van der Waals surface area contributed by atoms with Crippen LogP contribution in [0.5, 0.6) is 0 Å². The van der Waals surface area contributed by atoms with Crippen LogP contribution < -0.4 is 15.4 Å². The highest BCUT2D eigenvalue weighted by Gasteiger charge is 2.26. The number of aromatic nitrogens is 1. The summed E-state index contributed by atoms with van der Waals surface area (Å²) in [4.78, 5) is 16.4. The molecule has 1 unspecified atom stereocenters. The SMILES string of the molecule is CCOC(=O)c1csc(N[C@@H](Cc2ccc(N[SH](=O)=O)cc2)C2=CSC(c3ccccc3)N2)n1. The second-order valence-corrected chi connectivity index (χ2v) is 9.94. The molecule has 0 bridgehead atoms. The quantitative estimate of drug-likeness (QED) is 0.235. The number of thiol groups is 1. The van der Waals surface area contributed by atoms with Crippen LogP contribution >= 0.6 is 23.1 Å². The second kappa shape index (κ2) is 11.4. The number of hydrogen-bond donors (Lipinski definition) is 4. The van der Waals surface area contributed by atoms with E-state index in [9.17, 15) is 13.2 Å². The number of thioether (sulfide) groups is 1. The Bertz CT molecular complexity index is 1220. The molecule has 11 heteroatoms. The molecule has 0 amide bonds. The zero-order chi connectivity index (χ0) is 23.9. The zero-order valence-corrected chi connectivity index (χ0v) is 20.8. The van der Waals surface area contributed by atoms with Gasteiger partial charge in [0.2, 0.25) is 10.9 Å². The number of carbonyl (C=O) groups is 1. The fourth-order valence-electron chi connectivity index (χ4n) is 3.42. The molecular formula is C23H24N4O4S3. The van der Waals surface area contributed by atoms with Crippen LogP contribution in [0.1, 0.15) is 33.9 Å². The summed E-state index contributed by atoms with van der Waals surface area (Å²) in [5.41, 5.74) is 4.00. The third kappa shape index (κ3) is 6.31. The summed E-state index contributed by atoms with van der Waals surface area (Å²) in [6, 6.07) is 17.3. The normalized spacial score (nSPS) is 15.9. The number of hydrogen-bond acceptors (Lipinski definition) is 9. The first-order chi connectivity index (χ1) is 16.5. The Morgan fingerprint density at radius 1 is 1.18 bits per heavy atom. The van der Waals surface area contributed by atoms with E-state index in [-0.39, 0.29) is 17.1 Å². The van der Waals surface area contributed by atoms with Gasteiger partial charge in [0.05, 0.1) is 12.6 Å². The van der Waals surface area contributed by atoms with Crippen molar-refractivity contribution in [2.24, 2.45) is 0 Å². The predicted octanol–water partition coefficient (Wildman–Crippen LogP) is 4.16. The minimum Gasteiger partial charge on any atom is -0.461 e. The molecule has 1 aliphatic heterocycles. The lowest BCUT2D eigenvalue weighted by Crippen LogP contribution is -2.31. The van der Waals surface area contributed by atoms with E-state index in [0.29, 0.717) is 23.8 Å². The molecule has 0 aliphatic carbocycles. The Labute approximate surface area is 207 Å². The van der Waals surface area contributed by atoms with E-state index >= 15 is 0 Å². The van der Waals surface area contributed by atoms with E-state index in [0.717, 1.165) is 11.3 Å². The van der Waals surface area contributed by atoms with Crippen molar-refractivity contribution in [3.63, 3.8) is 0 Å². The number of esters is 1. The van der Waals surface area contributed by atoms with E-state index in [4.69, 9.17) is 4.74 Å². The molecule has 0 radical (unpaired) electrons. The fourth-order valence-corrected chi connectivity index (χ4v) is 5.54. The van der Waals surface area contributed by atoms with E-state index in [1.165, 1.54) is 16.9 Å². The number of benzene rings is 2. The topological polar surface area (TPSA) is 109 Å². The molecule has 0 spiro atoms. The van der Waals surface area contributed by atoms with Gasteiger partial charge in [0.25, 0.3) is 0 Å². The molecule has 1 aromatic heterocycles. The maximum Gasteiger partial charge on any atom is 0.357 e. The van der Waals surface area contributed by atoms with Gasteiger partial charge in [-0.1, -0.05) is 42.5 Å². The molecule has 4 rings (SSSR count). The van der Waals surface area contributed by atoms with Gasteiger partial charge in [-0.2, -0.15) is 0 Å². The molecular weight excluding hydrogens is 492 g/mol. The minimum absolute atomic E-state index is 0.104. The van der Waals surface area contributed by atoms with Crippen molar-refractivity contribution in [3.8, 4) is 0 Å². The van der Waals surface area contributed by atoms with Crippen LogP contribution in [0.25, 0.3) is 0 Å². The van der Waals surface area contributed by atoms with Crippen LogP contribution in [0.3, 0.4) is 0 Å². The third-order valence-electron chi connectivity index (χ3n) is 5.01. The van der Waals surface area contributed by atoms with E-state index in [2.05, 4.69) is 37.9 Å². The molecule has 2 heterocycles. The average molecular weight is 517 g/mol. The average Bonchev–Trinajstić information content (AvgIpc) is 3.51. The Morgan fingerprint density at radius 2 is 1.94 bits per heavy atom. The summed E-state index contributed by atoms with van der Waals surface area (Å²) in [5.74, 6) is -0.443. The summed E-state index contributed by atoms with van der Waals surface area (Å²) in [6.07, 6.45) is 0.624. The largest absolute Gasteiger partial charge is 0.461 e. The van der Waals surface area contributed by atoms with Crippen LogP contribution in [-0.4, -0.2) is 32.0 Å². The van der Waals surface area contributed by atoms with Crippen molar-refractivity contribution in [1.29, 1.82) is 0 Å². The lowest BCUT2D eigenvalue weighted by molar-refractivity contribution is 0.0520. The van der Waals surface area contributed by atoms with Crippen LogP contribution in [-0.2, 0) is 22.0 Å². The Balaban J connectivity index is 1.52. The van der Waals surface area contributed by atoms with Gasteiger partial charge in [-0.05, 0) is 42.0 Å². The summed E-state index contributed by atoms with van der Waals surface area (Å²) in [5, 5.41) is 11.5. The number of nitrogens with zero attached hydrogens (tertiary/aromatic N) is 1. The highest BCUT2D eigenvalue weighted by atomic mass is 32.2. The summed E-state index contributed by atoms with van der Waals surface area (Å²) >= 11 is 3.04. The van der Waals surface area contributed by atoms with Crippen LogP contribution in [0.2, 0.25) is 0 Å². The van der Waals surface area contributed by atoms with Crippen molar-refractivity contribution in [2.75, 3.05) is 16.6 Å². The zero-order valence-electron chi connectivity index (χ0n) is 18.3. The lowest BCUT2D eigenvalue weighted by atomic mass is 10.0. The molecule has 0 fully saturated rings. The molecule has 8 nitrogen and oxygen atoms in total. The van der Waals surface area contributed by atoms with Gasteiger partial charge in [0.1, 0.15) is 5.37 Å². The first-order valence-electron chi connectivity index (χ1n) is 10.6. The maximum absolute atomic E-state index is 12.0. The second-order valence-electron chi connectivity index (χ2n) is 7.37. The number of ether oxygens (including phenoxy) is 1. The van der Waals surface area contributed by atoms with E-state index < -0.39 is 16.9 Å². The van der Waals surface area contributed by atoms with Crippen molar-refractivity contribution >= 4 is 50.8 Å². The third-order valence-corrected chi connectivity index (χ3v) is 7.27. The molecule has 2 aromatic carbocycles. The first kappa shape index (κ1) is 24.1. The molecule has 2 atom stereocenters. The number of thiazole rings is 1. The number of anilines is 2. The van der Waals surface area contributed by atoms with Crippen molar-refractivity contribution in [3.05, 3.63) is 87.9 Å². The highest BCUT2D eigenvalue weighted by molar-refractivity contribution is 8.02. The lowest BCUT2D eigenvalue weighted by Gasteiger charge is -2.22. The Kier molecular flexibility index (Phi) is 8.09. The summed E-state index contributed by atoms with van der Waals surface area (Å²) < 4.78 is 29.2. The molecule has 3 aromatic rings. The van der Waals surface area contributed by atoms with Gasteiger partial charge in [-0.25, -0.2) is 18.2 Å². The minimum atomic E-state index is -2.71. The summed E-state index contributed by atoms with van der Waals surface area (Å²) in [7, 11) is -2.71. The molecule has 3 N–H and O–H groups in total. The Morgan fingerprint density at radius 3 is 2.65 bits per heavy atom. The van der Waals surface area contributed by atoms with Gasteiger partial charge in [0.15, 0.2) is 10.8 Å². The van der Waals surface area contributed by atoms with E-state index in [1.54, 1.807) is 36.2 Å². The number of nitrogens with one attached hydrogen (secondary N) is 3. The van der Waals surface area contributed by atoms with Gasteiger partial charge < -0.3 is 15.4 Å². The molecule has 0 saturated carbocycles. The van der Waals surface area contributed by atoms with Gasteiger partial charge in [-0.15, -0.1) is 23.1 Å². The van der Waals surface area contributed by atoms with Gasteiger partial charge >= 0.3 is 5.97 Å². The van der Waals surface area contributed by atoms with Crippen LogP contribution in [0, 0.1) is 0 Å². The summed E-state index contributed by atoms with van der Waals surface area (Å²) in [6.45, 7) is 2.05. The van der Waals surface area contributed by atoms with Crippen molar-refractivity contribution < 1.29 is 17.9 Å². The maximum atomic E-state index is 12.0. The van der Waals surface area contributed by atoms with E-state index in [1.807, 2.05) is 30.3 Å². The van der Waals surface area contributed by atoms with Gasteiger partial charge in [-0.3, -0.25) is 4.72 Å². The monoisotopic (exact) mass is 516 g/mol. The first-order valence-corrected chi connectivity index (χ1v) is 13.6. The number of rotatable bonds is 10. The standard InChI is InChI=1S/C23H24N4O4S3/c1-2-31-22(28)20-14-33-23(26-20)25-18(12-15-8-10-17(11-9-15)27-34(29)30)19-13-32-21(24-19)16-6-4-3-5-7-16/h3-11,13-14,18,21,24,34H,2,12H2,1H3,(H,25,26)(H,27,29,30)/t18-,21?/m0/s1. The van der Waals surface area contributed by atoms with Gasteiger partial charge in [0, 0.05) is 16.8 Å². The smallest absolute Gasteiger partial charge is 0.357 e. The molecule has 0 saturated heterocycles. The number of carbonyl (C=O) groups excluding carboxylic acids is 1.